The molecule has 0 amide bonds. The normalized spacial score (nSPS) is 11.4. The Hall–Kier alpha value is -1.95. The lowest BCUT2D eigenvalue weighted by Crippen LogP contribution is -2.44. The van der Waals surface area contributed by atoms with Crippen LogP contribution in [-0.2, 0) is 9.59 Å². The van der Waals surface area contributed by atoms with Crippen LogP contribution in [0.2, 0.25) is 0 Å². The molecule has 5 nitrogen and oxygen atoms in total. The fourth-order valence-electron chi connectivity index (χ4n) is 1.42. The summed E-state index contributed by atoms with van der Waals surface area (Å²) in [6.07, 6.45) is 0.229. The van der Waals surface area contributed by atoms with Gasteiger partial charge in [0.15, 0.2) is 5.11 Å². The first-order valence-corrected chi connectivity index (χ1v) is 6.30. The van der Waals surface area contributed by atoms with Gasteiger partial charge in [-0.1, -0.05) is 25.1 Å². The SMILES string of the molecule is CCC(=O)CC(NC(=S)Nc1ccccc1)C(=O)O. The maximum Gasteiger partial charge on any atom is 0.326 e. The van der Waals surface area contributed by atoms with E-state index in [0.29, 0.717) is 6.42 Å². The van der Waals surface area contributed by atoms with E-state index in [0.717, 1.165) is 5.69 Å². The number of carboxylic acids is 1. The van der Waals surface area contributed by atoms with Crippen molar-refractivity contribution < 1.29 is 14.7 Å². The van der Waals surface area contributed by atoms with E-state index in [1.54, 1.807) is 19.1 Å². The highest BCUT2D eigenvalue weighted by atomic mass is 32.1. The molecule has 0 fully saturated rings. The molecule has 1 atom stereocenters. The van der Waals surface area contributed by atoms with Crippen LogP contribution in [0.5, 0.6) is 0 Å². The van der Waals surface area contributed by atoms with Crippen LogP contribution in [0.15, 0.2) is 30.3 Å². The van der Waals surface area contributed by atoms with Gasteiger partial charge in [0.2, 0.25) is 0 Å². The van der Waals surface area contributed by atoms with Crippen LogP contribution in [0.3, 0.4) is 0 Å². The zero-order valence-electron chi connectivity index (χ0n) is 10.6. The molecule has 1 aromatic rings. The fourth-order valence-corrected chi connectivity index (χ4v) is 1.68. The van der Waals surface area contributed by atoms with Gasteiger partial charge in [0.25, 0.3) is 0 Å². The van der Waals surface area contributed by atoms with Gasteiger partial charge in [0.1, 0.15) is 11.8 Å². The van der Waals surface area contributed by atoms with Crippen LogP contribution in [0.25, 0.3) is 0 Å². The Morgan fingerprint density at radius 1 is 1.32 bits per heavy atom. The van der Waals surface area contributed by atoms with Gasteiger partial charge >= 0.3 is 5.97 Å². The summed E-state index contributed by atoms with van der Waals surface area (Å²) in [6.45, 7) is 1.70. The molecule has 1 unspecified atom stereocenters. The van der Waals surface area contributed by atoms with Crippen molar-refractivity contribution >= 4 is 34.8 Å². The Bertz CT molecular complexity index is 462. The maximum absolute atomic E-state index is 11.3. The molecular weight excluding hydrogens is 264 g/mol. The minimum absolute atomic E-state index is 0.0809. The van der Waals surface area contributed by atoms with Gasteiger partial charge in [-0.25, -0.2) is 4.79 Å². The highest BCUT2D eigenvalue weighted by molar-refractivity contribution is 7.80. The number of ketones is 1. The molecule has 1 aromatic carbocycles. The number of carbonyl (C=O) groups is 2. The van der Waals surface area contributed by atoms with Gasteiger partial charge < -0.3 is 15.7 Å². The highest BCUT2D eigenvalue weighted by Crippen LogP contribution is 2.05. The van der Waals surface area contributed by atoms with E-state index in [2.05, 4.69) is 10.6 Å². The smallest absolute Gasteiger partial charge is 0.326 e. The zero-order valence-corrected chi connectivity index (χ0v) is 11.4. The number of hydrogen-bond donors (Lipinski definition) is 3. The topological polar surface area (TPSA) is 78.4 Å². The first kappa shape index (κ1) is 15.1. The quantitative estimate of drug-likeness (QED) is 0.690. The molecule has 0 aliphatic heterocycles. The molecule has 0 aromatic heterocycles. The number of thiocarbonyl (C=S) groups is 1. The van der Waals surface area contributed by atoms with Crippen LogP contribution in [0.1, 0.15) is 19.8 Å². The second-order valence-electron chi connectivity index (χ2n) is 3.95. The summed E-state index contributed by atoms with van der Waals surface area (Å²) in [5, 5.41) is 14.7. The molecule has 0 saturated carbocycles. The zero-order chi connectivity index (χ0) is 14.3. The Morgan fingerprint density at radius 2 is 1.95 bits per heavy atom. The summed E-state index contributed by atoms with van der Waals surface area (Å²) >= 11 is 5.02. The average Bonchev–Trinajstić information content (AvgIpc) is 2.38. The molecule has 6 heteroatoms. The Kier molecular flexibility index (Phi) is 5.95. The van der Waals surface area contributed by atoms with Gasteiger partial charge in [-0.2, -0.15) is 0 Å². The second-order valence-corrected chi connectivity index (χ2v) is 4.36. The minimum Gasteiger partial charge on any atom is -0.480 e. The van der Waals surface area contributed by atoms with Crippen molar-refractivity contribution in [1.82, 2.24) is 5.32 Å². The van der Waals surface area contributed by atoms with Crippen molar-refractivity contribution in [2.24, 2.45) is 0 Å². The van der Waals surface area contributed by atoms with Crippen molar-refractivity contribution in [3.8, 4) is 0 Å². The van der Waals surface area contributed by atoms with E-state index in [9.17, 15) is 9.59 Å². The van der Waals surface area contributed by atoms with Crippen LogP contribution in [-0.4, -0.2) is 28.0 Å². The lowest BCUT2D eigenvalue weighted by atomic mass is 10.1. The maximum atomic E-state index is 11.3. The van der Waals surface area contributed by atoms with Gasteiger partial charge in [0.05, 0.1) is 0 Å². The van der Waals surface area contributed by atoms with E-state index in [1.165, 1.54) is 0 Å². The molecule has 0 heterocycles. The molecule has 0 spiro atoms. The second kappa shape index (κ2) is 7.48. The van der Waals surface area contributed by atoms with E-state index >= 15 is 0 Å². The number of carbonyl (C=O) groups excluding carboxylic acids is 1. The summed E-state index contributed by atoms with van der Waals surface area (Å²) < 4.78 is 0. The minimum atomic E-state index is -1.10. The molecule has 19 heavy (non-hydrogen) atoms. The fraction of sp³-hybridized carbons (Fsp3) is 0.308. The number of rotatable bonds is 6. The standard InChI is InChI=1S/C13H16N2O3S/c1-2-10(16)8-11(12(17)18)15-13(19)14-9-6-4-3-5-7-9/h3-7,11H,2,8H2,1H3,(H,17,18)(H2,14,15,19). The Morgan fingerprint density at radius 3 is 2.47 bits per heavy atom. The van der Waals surface area contributed by atoms with E-state index in [4.69, 9.17) is 17.3 Å². The molecule has 3 N–H and O–H groups in total. The van der Waals surface area contributed by atoms with E-state index in [1.807, 2.05) is 18.2 Å². The summed E-state index contributed by atoms with van der Waals surface area (Å²) in [5.41, 5.74) is 0.756. The summed E-state index contributed by atoms with van der Waals surface area (Å²) in [5.74, 6) is -1.22. The molecule has 0 aliphatic rings. The van der Waals surface area contributed by atoms with E-state index in [-0.39, 0.29) is 17.3 Å². The lowest BCUT2D eigenvalue weighted by Gasteiger charge is -2.16. The Labute approximate surface area is 117 Å². The Balaban J connectivity index is 2.57. The summed E-state index contributed by atoms with van der Waals surface area (Å²) in [6, 6.07) is 8.14. The molecule has 102 valence electrons. The largest absolute Gasteiger partial charge is 0.480 e. The third-order valence-electron chi connectivity index (χ3n) is 2.46. The van der Waals surface area contributed by atoms with Crippen molar-refractivity contribution in [3.05, 3.63) is 30.3 Å². The van der Waals surface area contributed by atoms with Crippen molar-refractivity contribution in [1.29, 1.82) is 0 Å². The van der Waals surface area contributed by atoms with Crippen LogP contribution in [0.4, 0.5) is 5.69 Å². The predicted molar refractivity (Wildman–Crippen MR) is 77.1 cm³/mol. The predicted octanol–water partition coefficient (Wildman–Crippen LogP) is 1.80. The summed E-state index contributed by atoms with van der Waals surface area (Å²) in [4.78, 5) is 22.3. The van der Waals surface area contributed by atoms with Gasteiger partial charge in [-0.05, 0) is 24.4 Å². The number of anilines is 1. The van der Waals surface area contributed by atoms with Crippen molar-refractivity contribution in [3.63, 3.8) is 0 Å². The average molecular weight is 280 g/mol. The number of para-hydroxylation sites is 1. The molecular formula is C13H16N2O3S. The number of benzene rings is 1. The number of carboxylic acid groups (broad SMARTS) is 1. The monoisotopic (exact) mass is 280 g/mol. The van der Waals surface area contributed by atoms with Gasteiger partial charge in [0, 0.05) is 18.5 Å². The molecule has 0 aliphatic carbocycles. The van der Waals surface area contributed by atoms with Crippen LogP contribution in [0, 0.1) is 0 Å². The number of nitrogens with one attached hydrogen (secondary N) is 2. The molecule has 1 rings (SSSR count). The first-order valence-electron chi connectivity index (χ1n) is 5.90. The van der Waals surface area contributed by atoms with Crippen LogP contribution >= 0.6 is 12.2 Å². The molecule has 0 saturated heterocycles. The molecule has 0 bridgehead atoms. The number of aliphatic carboxylic acids is 1. The van der Waals surface area contributed by atoms with Crippen molar-refractivity contribution in [2.75, 3.05) is 5.32 Å². The highest BCUT2D eigenvalue weighted by Gasteiger charge is 2.21. The number of hydrogen-bond acceptors (Lipinski definition) is 3. The van der Waals surface area contributed by atoms with Crippen LogP contribution < -0.4 is 10.6 Å². The first-order chi connectivity index (χ1) is 9.02. The third-order valence-corrected chi connectivity index (χ3v) is 2.68. The number of Topliss-reactive ketones (excluding diaryl/α,β-unsaturated/α-hetero) is 1. The lowest BCUT2D eigenvalue weighted by molar-refractivity contribution is -0.140. The molecule has 0 radical (unpaired) electrons. The van der Waals surface area contributed by atoms with Gasteiger partial charge in [-0.3, -0.25) is 4.79 Å². The van der Waals surface area contributed by atoms with Gasteiger partial charge in [-0.15, -0.1) is 0 Å². The van der Waals surface area contributed by atoms with Crippen molar-refractivity contribution in [2.45, 2.75) is 25.8 Å². The van der Waals surface area contributed by atoms with E-state index < -0.39 is 12.0 Å². The third kappa shape index (κ3) is 5.48. The summed E-state index contributed by atoms with van der Waals surface area (Å²) in [7, 11) is 0.